The molecule has 0 saturated carbocycles. The number of halogens is 1. The number of carbonyl (C=O) groups excluding carboxylic acids is 1. The fourth-order valence-corrected chi connectivity index (χ4v) is 1.25. The van der Waals surface area contributed by atoms with Gasteiger partial charge in [0.05, 0.1) is 5.92 Å². The molecule has 1 unspecified atom stereocenters. The first-order chi connectivity index (χ1) is 7.41. The number of hydrogen-bond acceptors (Lipinski definition) is 2. The molecular formula is C12H13FO3. The Morgan fingerprint density at radius 2 is 2.06 bits per heavy atom. The van der Waals surface area contributed by atoms with Crippen LogP contribution in [0.2, 0.25) is 0 Å². The van der Waals surface area contributed by atoms with Crippen LogP contribution in [0.5, 0.6) is 0 Å². The lowest BCUT2D eigenvalue weighted by Gasteiger charge is -2.06. The van der Waals surface area contributed by atoms with Crippen molar-refractivity contribution in [3.05, 3.63) is 35.1 Å². The Balaban J connectivity index is 2.81. The molecule has 0 aliphatic heterocycles. The third-order valence-electron chi connectivity index (χ3n) is 2.41. The predicted octanol–water partition coefficient (Wildman–Crippen LogP) is 2.43. The van der Waals surface area contributed by atoms with Crippen molar-refractivity contribution in [1.82, 2.24) is 0 Å². The third kappa shape index (κ3) is 2.89. The molecule has 0 bridgehead atoms. The molecule has 1 rings (SSSR count). The summed E-state index contributed by atoms with van der Waals surface area (Å²) >= 11 is 0. The molecule has 1 aromatic rings. The molecule has 0 fully saturated rings. The molecule has 0 heterocycles. The van der Waals surface area contributed by atoms with Crippen molar-refractivity contribution in [2.75, 3.05) is 0 Å². The average molecular weight is 224 g/mol. The van der Waals surface area contributed by atoms with Crippen LogP contribution >= 0.6 is 0 Å². The van der Waals surface area contributed by atoms with Crippen LogP contribution in [0.25, 0.3) is 0 Å². The van der Waals surface area contributed by atoms with Crippen LogP contribution in [-0.4, -0.2) is 16.9 Å². The average Bonchev–Trinajstić information content (AvgIpc) is 2.21. The molecule has 86 valence electrons. The van der Waals surface area contributed by atoms with Gasteiger partial charge in [-0.3, -0.25) is 9.59 Å². The fraction of sp³-hybridized carbons (Fsp3) is 0.333. The zero-order valence-electron chi connectivity index (χ0n) is 9.16. The standard InChI is InChI=1S/C12H13FO3/c1-7-3-4-9(6-10(7)13)11(14)5-8(2)12(15)16/h3-4,6,8H,5H2,1-2H3,(H,15,16). The van der Waals surface area contributed by atoms with Gasteiger partial charge in [-0.2, -0.15) is 0 Å². The first-order valence-electron chi connectivity index (χ1n) is 4.94. The largest absolute Gasteiger partial charge is 0.481 e. The van der Waals surface area contributed by atoms with Gasteiger partial charge in [-0.25, -0.2) is 4.39 Å². The number of ketones is 1. The number of carbonyl (C=O) groups is 2. The minimum Gasteiger partial charge on any atom is -0.481 e. The maximum atomic E-state index is 13.2. The van der Waals surface area contributed by atoms with Gasteiger partial charge in [0, 0.05) is 12.0 Å². The van der Waals surface area contributed by atoms with Crippen LogP contribution in [0.15, 0.2) is 18.2 Å². The Kier molecular flexibility index (Phi) is 3.77. The van der Waals surface area contributed by atoms with Crippen molar-refractivity contribution >= 4 is 11.8 Å². The van der Waals surface area contributed by atoms with E-state index in [0.717, 1.165) is 6.07 Å². The third-order valence-corrected chi connectivity index (χ3v) is 2.41. The summed E-state index contributed by atoms with van der Waals surface area (Å²) in [7, 11) is 0. The summed E-state index contributed by atoms with van der Waals surface area (Å²) in [5.74, 6) is -2.58. The van der Waals surface area contributed by atoms with Crippen molar-refractivity contribution in [2.24, 2.45) is 5.92 Å². The number of aryl methyl sites for hydroxylation is 1. The van der Waals surface area contributed by atoms with E-state index in [-0.39, 0.29) is 17.8 Å². The van der Waals surface area contributed by atoms with E-state index in [4.69, 9.17) is 5.11 Å². The van der Waals surface area contributed by atoms with E-state index in [1.165, 1.54) is 19.1 Å². The molecule has 1 N–H and O–H groups in total. The molecule has 1 atom stereocenters. The highest BCUT2D eigenvalue weighted by Crippen LogP contribution is 2.14. The van der Waals surface area contributed by atoms with E-state index < -0.39 is 17.7 Å². The molecule has 0 aromatic heterocycles. The van der Waals surface area contributed by atoms with Crippen molar-refractivity contribution in [3.8, 4) is 0 Å². The first kappa shape index (κ1) is 12.4. The number of carboxylic acids is 1. The minimum absolute atomic E-state index is 0.113. The molecule has 0 radical (unpaired) electrons. The fourth-order valence-electron chi connectivity index (χ4n) is 1.25. The van der Waals surface area contributed by atoms with Gasteiger partial charge in [0.1, 0.15) is 5.82 Å². The van der Waals surface area contributed by atoms with Gasteiger partial charge in [-0.1, -0.05) is 19.1 Å². The van der Waals surface area contributed by atoms with Gasteiger partial charge in [0.2, 0.25) is 0 Å². The van der Waals surface area contributed by atoms with E-state index in [1.807, 2.05) is 0 Å². The number of Topliss-reactive ketones (excluding diaryl/α,β-unsaturated/α-hetero) is 1. The lowest BCUT2D eigenvalue weighted by atomic mass is 9.99. The summed E-state index contributed by atoms with van der Waals surface area (Å²) < 4.78 is 13.2. The second-order valence-corrected chi connectivity index (χ2v) is 3.83. The van der Waals surface area contributed by atoms with E-state index in [1.54, 1.807) is 6.92 Å². The topological polar surface area (TPSA) is 54.4 Å². The molecule has 0 saturated heterocycles. The maximum Gasteiger partial charge on any atom is 0.306 e. The highest BCUT2D eigenvalue weighted by atomic mass is 19.1. The summed E-state index contributed by atoms with van der Waals surface area (Å²) in [6.07, 6.45) is -0.113. The van der Waals surface area contributed by atoms with E-state index in [9.17, 15) is 14.0 Å². The second kappa shape index (κ2) is 4.88. The normalized spacial score (nSPS) is 12.2. The summed E-state index contributed by atoms with van der Waals surface area (Å²) in [6.45, 7) is 3.05. The minimum atomic E-state index is -1.03. The van der Waals surface area contributed by atoms with Gasteiger partial charge < -0.3 is 5.11 Å². The second-order valence-electron chi connectivity index (χ2n) is 3.83. The van der Waals surface area contributed by atoms with Crippen LogP contribution in [-0.2, 0) is 4.79 Å². The summed E-state index contributed by atoms with van der Waals surface area (Å²) in [6, 6.07) is 4.16. The summed E-state index contributed by atoms with van der Waals surface area (Å²) in [4.78, 5) is 22.2. The molecule has 0 amide bonds. The number of benzene rings is 1. The lowest BCUT2D eigenvalue weighted by Crippen LogP contribution is -2.14. The van der Waals surface area contributed by atoms with Crippen LogP contribution in [0.1, 0.15) is 29.3 Å². The Morgan fingerprint density at radius 3 is 2.56 bits per heavy atom. The Hall–Kier alpha value is -1.71. The maximum absolute atomic E-state index is 13.2. The van der Waals surface area contributed by atoms with Crippen molar-refractivity contribution in [2.45, 2.75) is 20.3 Å². The predicted molar refractivity (Wildman–Crippen MR) is 56.9 cm³/mol. The van der Waals surface area contributed by atoms with Gasteiger partial charge in [-0.05, 0) is 18.6 Å². The monoisotopic (exact) mass is 224 g/mol. The van der Waals surface area contributed by atoms with E-state index in [2.05, 4.69) is 0 Å². The molecule has 0 aliphatic carbocycles. The number of hydrogen-bond donors (Lipinski definition) is 1. The summed E-state index contributed by atoms with van der Waals surface area (Å²) in [5, 5.41) is 8.65. The molecule has 0 aliphatic rings. The van der Waals surface area contributed by atoms with Crippen molar-refractivity contribution in [1.29, 1.82) is 0 Å². The lowest BCUT2D eigenvalue weighted by molar-refractivity contribution is -0.141. The smallest absolute Gasteiger partial charge is 0.306 e. The van der Waals surface area contributed by atoms with Gasteiger partial charge in [-0.15, -0.1) is 0 Å². The molecule has 1 aromatic carbocycles. The molecule has 16 heavy (non-hydrogen) atoms. The van der Waals surface area contributed by atoms with Crippen LogP contribution in [0, 0.1) is 18.7 Å². The van der Waals surface area contributed by atoms with Crippen molar-refractivity contribution < 1.29 is 19.1 Å². The number of rotatable bonds is 4. The van der Waals surface area contributed by atoms with Crippen LogP contribution in [0.3, 0.4) is 0 Å². The number of carboxylic acid groups (broad SMARTS) is 1. The quantitative estimate of drug-likeness (QED) is 0.799. The van der Waals surface area contributed by atoms with Crippen LogP contribution < -0.4 is 0 Å². The Morgan fingerprint density at radius 1 is 1.44 bits per heavy atom. The zero-order chi connectivity index (χ0) is 12.3. The van der Waals surface area contributed by atoms with Crippen molar-refractivity contribution in [3.63, 3.8) is 0 Å². The highest BCUT2D eigenvalue weighted by Gasteiger charge is 2.17. The molecule has 4 heteroatoms. The van der Waals surface area contributed by atoms with Gasteiger partial charge in [0.25, 0.3) is 0 Å². The van der Waals surface area contributed by atoms with Crippen LogP contribution in [0.4, 0.5) is 4.39 Å². The summed E-state index contributed by atoms with van der Waals surface area (Å²) in [5.41, 5.74) is 0.680. The number of aliphatic carboxylic acids is 1. The zero-order valence-corrected chi connectivity index (χ0v) is 9.16. The Bertz CT molecular complexity index is 426. The molecule has 0 spiro atoms. The van der Waals surface area contributed by atoms with Gasteiger partial charge in [0.15, 0.2) is 5.78 Å². The SMILES string of the molecule is Cc1ccc(C(=O)CC(C)C(=O)O)cc1F. The first-order valence-corrected chi connectivity index (χ1v) is 4.94. The van der Waals surface area contributed by atoms with E-state index in [0.29, 0.717) is 5.56 Å². The highest BCUT2D eigenvalue weighted by molar-refractivity contribution is 5.97. The van der Waals surface area contributed by atoms with E-state index >= 15 is 0 Å². The Labute approximate surface area is 92.9 Å². The molecular weight excluding hydrogens is 211 g/mol. The molecule has 3 nitrogen and oxygen atoms in total. The van der Waals surface area contributed by atoms with Gasteiger partial charge >= 0.3 is 5.97 Å².